The van der Waals surface area contributed by atoms with Gasteiger partial charge in [-0.1, -0.05) is 18.2 Å². The maximum atomic E-state index is 13.2. The van der Waals surface area contributed by atoms with Crippen molar-refractivity contribution in [3.8, 4) is 0 Å². The number of carbonyl (C=O) groups excluding carboxylic acids is 2. The van der Waals surface area contributed by atoms with Crippen LogP contribution in [0.5, 0.6) is 0 Å². The van der Waals surface area contributed by atoms with E-state index in [0.29, 0.717) is 6.54 Å². The molecule has 162 valence electrons. The van der Waals surface area contributed by atoms with Crippen LogP contribution in [0.3, 0.4) is 0 Å². The van der Waals surface area contributed by atoms with E-state index >= 15 is 0 Å². The van der Waals surface area contributed by atoms with Gasteiger partial charge in [0.15, 0.2) is 0 Å². The Labute approximate surface area is 180 Å². The smallest absolute Gasteiger partial charge is 0.237 e. The van der Waals surface area contributed by atoms with E-state index in [9.17, 15) is 9.59 Å². The van der Waals surface area contributed by atoms with Crippen LogP contribution in [0.4, 0.5) is 5.69 Å². The number of para-hydroxylation sites is 1. The summed E-state index contributed by atoms with van der Waals surface area (Å²) in [5.41, 5.74) is 0.896. The molecule has 1 aromatic carbocycles. The first kappa shape index (κ1) is 20.0. The van der Waals surface area contributed by atoms with Crippen LogP contribution < -0.4 is 10.6 Å². The molecule has 2 N–H and O–H groups in total. The van der Waals surface area contributed by atoms with Crippen molar-refractivity contribution in [2.75, 3.05) is 18.4 Å². The van der Waals surface area contributed by atoms with Crippen LogP contribution in [0.1, 0.15) is 58.3 Å². The molecule has 5 aliphatic rings. The number of likely N-dealkylation sites (tertiary alicyclic amines) is 1. The number of benzene rings is 1. The molecule has 2 atom stereocenters. The molecular formula is C25H35N3O2. The molecule has 0 aromatic heterocycles. The van der Waals surface area contributed by atoms with Gasteiger partial charge in [-0.2, -0.15) is 0 Å². The van der Waals surface area contributed by atoms with Crippen LogP contribution >= 0.6 is 0 Å². The van der Waals surface area contributed by atoms with E-state index < -0.39 is 0 Å². The van der Waals surface area contributed by atoms with Gasteiger partial charge in [-0.3, -0.25) is 14.5 Å². The topological polar surface area (TPSA) is 61.4 Å². The molecule has 1 heterocycles. The van der Waals surface area contributed by atoms with E-state index in [2.05, 4.69) is 15.5 Å². The summed E-state index contributed by atoms with van der Waals surface area (Å²) in [4.78, 5) is 28.2. The lowest BCUT2D eigenvalue weighted by Crippen LogP contribution is -2.62. The molecule has 6 rings (SSSR count). The first-order chi connectivity index (χ1) is 14.5. The van der Waals surface area contributed by atoms with Gasteiger partial charge in [-0.05, 0) is 94.7 Å². The second kappa shape index (κ2) is 7.99. The monoisotopic (exact) mass is 409 g/mol. The fourth-order valence-corrected chi connectivity index (χ4v) is 7.13. The van der Waals surface area contributed by atoms with Gasteiger partial charge in [-0.15, -0.1) is 0 Å². The van der Waals surface area contributed by atoms with Gasteiger partial charge in [0.1, 0.15) is 0 Å². The Morgan fingerprint density at radius 3 is 2.30 bits per heavy atom. The van der Waals surface area contributed by atoms with Crippen LogP contribution in [-0.2, 0) is 9.59 Å². The molecule has 1 aliphatic heterocycles. The van der Waals surface area contributed by atoms with Crippen LogP contribution in [0.25, 0.3) is 0 Å². The van der Waals surface area contributed by atoms with Crippen molar-refractivity contribution in [2.24, 2.45) is 23.7 Å². The van der Waals surface area contributed by atoms with Crippen LogP contribution in [0.15, 0.2) is 30.3 Å². The lowest BCUT2D eigenvalue weighted by atomic mass is 9.53. The van der Waals surface area contributed by atoms with Crippen molar-refractivity contribution >= 4 is 17.5 Å². The van der Waals surface area contributed by atoms with Crippen molar-refractivity contribution in [1.82, 2.24) is 10.2 Å². The molecule has 0 radical (unpaired) electrons. The van der Waals surface area contributed by atoms with Gasteiger partial charge in [0.05, 0.1) is 12.0 Å². The lowest BCUT2D eigenvalue weighted by Gasteiger charge is -2.57. The number of nitrogens with one attached hydrogen (secondary N) is 2. The summed E-state index contributed by atoms with van der Waals surface area (Å²) in [6.45, 7) is 3.58. The highest BCUT2D eigenvalue weighted by molar-refractivity contribution is 5.92. The Kier molecular flexibility index (Phi) is 5.34. The fourth-order valence-electron chi connectivity index (χ4n) is 7.13. The van der Waals surface area contributed by atoms with Crippen molar-refractivity contribution in [2.45, 2.75) is 69.9 Å². The van der Waals surface area contributed by atoms with Gasteiger partial charge in [0, 0.05) is 17.8 Å². The third kappa shape index (κ3) is 4.01. The molecular weight excluding hydrogens is 374 g/mol. The second-order valence-corrected chi connectivity index (χ2v) is 10.6. The molecule has 4 saturated carbocycles. The Morgan fingerprint density at radius 2 is 1.67 bits per heavy atom. The van der Waals surface area contributed by atoms with Crippen LogP contribution in [-0.4, -0.2) is 41.4 Å². The molecule has 4 bridgehead atoms. The predicted octanol–water partition coefficient (Wildman–Crippen LogP) is 3.81. The number of anilines is 1. The molecule has 30 heavy (non-hydrogen) atoms. The average molecular weight is 410 g/mol. The summed E-state index contributed by atoms with van der Waals surface area (Å²) < 4.78 is 0. The Bertz CT molecular complexity index is 758. The highest BCUT2D eigenvalue weighted by atomic mass is 16.2. The number of nitrogens with zero attached hydrogens (tertiary/aromatic N) is 1. The Morgan fingerprint density at radius 1 is 1.03 bits per heavy atom. The minimum absolute atomic E-state index is 0.0555. The third-order valence-corrected chi connectivity index (χ3v) is 8.22. The summed E-state index contributed by atoms with van der Waals surface area (Å²) >= 11 is 0. The van der Waals surface area contributed by atoms with E-state index in [1.54, 1.807) is 0 Å². The molecule has 1 aromatic rings. The highest BCUT2D eigenvalue weighted by Crippen LogP contribution is 2.55. The largest absolute Gasteiger partial charge is 0.349 e. The van der Waals surface area contributed by atoms with Crippen molar-refractivity contribution < 1.29 is 9.59 Å². The zero-order chi connectivity index (χ0) is 20.7. The number of piperidine rings is 1. The number of amides is 2. The standard InChI is InChI=1S/C25H35N3O2/c1-17(23(29)27-25-13-18-10-19(14-25)12-20(11-18)15-25)28-9-5-6-21(16-28)24(30)26-22-7-3-2-4-8-22/h2-4,7-8,17-21H,5-6,9-16H2,1H3,(H,26,30)(H,27,29)/t17-,18?,19?,20?,21-,25?/m0/s1. The van der Waals surface area contributed by atoms with Crippen molar-refractivity contribution in [3.05, 3.63) is 30.3 Å². The summed E-state index contributed by atoms with van der Waals surface area (Å²) in [5, 5.41) is 6.56. The highest BCUT2D eigenvalue weighted by Gasteiger charge is 2.52. The van der Waals surface area contributed by atoms with E-state index in [-0.39, 0.29) is 29.3 Å². The summed E-state index contributed by atoms with van der Waals surface area (Å²) in [6, 6.07) is 9.46. The molecule has 5 heteroatoms. The van der Waals surface area contributed by atoms with Gasteiger partial charge in [0.2, 0.25) is 11.8 Å². The lowest BCUT2D eigenvalue weighted by molar-refractivity contribution is -0.133. The zero-order valence-corrected chi connectivity index (χ0v) is 18.1. The van der Waals surface area contributed by atoms with E-state index in [1.165, 1.54) is 38.5 Å². The molecule has 5 fully saturated rings. The average Bonchev–Trinajstić information content (AvgIpc) is 2.72. The molecule has 2 amide bonds. The summed E-state index contributed by atoms with van der Waals surface area (Å²) in [7, 11) is 0. The molecule has 0 spiro atoms. The zero-order valence-electron chi connectivity index (χ0n) is 18.1. The van der Waals surface area contributed by atoms with Crippen LogP contribution in [0.2, 0.25) is 0 Å². The molecule has 1 saturated heterocycles. The predicted molar refractivity (Wildman–Crippen MR) is 118 cm³/mol. The first-order valence-electron chi connectivity index (χ1n) is 11.9. The van der Waals surface area contributed by atoms with Gasteiger partial charge in [0.25, 0.3) is 0 Å². The minimum Gasteiger partial charge on any atom is -0.349 e. The quantitative estimate of drug-likeness (QED) is 0.777. The summed E-state index contributed by atoms with van der Waals surface area (Å²) in [5.74, 6) is 2.66. The Hall–Kier alpha value is -1.88. The second-order valence-electron chi connectivity index (χ2n) is 10.6. The van der Waals surface area contributed by atoms with Gasteiger partial charge in [-0.25, -0.2) is 0 Å². The number of rotatable bonds is 5. The van der Waals surface area contributed by atoms with Gasteiger partial charge >= 0.3 is 0 Å². The van der Waals surface area contributed by atoms with Gasteiger partial charge < -0.3 is 10.6 Å². The third-order valence-electron chi connectivity index (χ3n) is 8.22. The Balaban J connectivity index is 1.19. The van der Waals surface area contributed by atoms with E-state index in [4.69, 9.17) is 0 Å². The van der Waals surface area contributed by atoms with Crippen molar-refractivity contribution in [3.63, 3.8) is 0 Å². The van der Waals surface area contributed by atoms with Crippen LogP contribution in [0, 0.1) is 23.7 Å². The normalized spacial score (nSPS) is 36.3. The number of carbonyl (C=O) groups is 2. The first-order valence-corrected chi connectivity index (χ1v) is 11.9. The molecule has 5 nitrogen and oxygen atoms in total. The van der Waals surface area contributed by atoms with E-state index in [1.807, 2.05) is 37.3 Å². The maximum Gasteiger partial charge on any atom is 0.237 e. The maximum absolute atomic E-state index is 13.2. The van der Waals surface area contributed by atoms with Crippen molar-refractivity contribution in [1.29, 1.82) is 0 Å². The number of hydrogen-bond donors (Lipinski definition) is 2. The molecule has 4 aliphatic carbocycles. The minimum atomic E-state index is -0.176. The number of hydrogen-bond acceptors (Lipinski definition) is 3. The summed E-state index contributed by atoms with van der Waals surface area (Å²) in [6.07, 6.45) is 9.54. The molecule has 0 unspecified atom stereocenters. The fraction of sp³-hybridized carbons (Fsp3) is 0.680. The van der Waals surface area contributed by atoms with E-state index in [0.717, 1.165) is 42.8 Å². The SMILES string of the molecule is C[C@@H](C(=O)NC12CC3CC(CC(C3)C1)C2)N1CCC[C@H](C(=O)Nc2ccccc2)C1.